The Hall–Kier alpha value is -0.770. The number of rotatable bonds is 3. The summed E-state index contributed by atoms with van der Waals surface area (Å²) in [6, 6.07) is 9.74. The van der Waals surface area contributed by atoms with Crippen LogP contribution in [0, 0.1) is 0 Å². The number of furan rings is 1. The van der Waals surface area contributed by atoms with Crippen LogP contribution in [0.4, 0.5) is 0 Å². The van der Waals surface area contributed by atoms with E-state index >= 15 is 0 Å². The van der Waals surface area contributed by atoms with E-state index in [1.54, 1.807) is 6.26 Å². The Morgan fingerprint density at radius 2 is 2.19 bits per heavy atom. The maximum Gasteiger partial charge on any atom is 0.197 e. The van der Waals surface area contributed by atoms with Crippen molar-refractivity contribution >= 4 is 27.5 Å². The number of benzene rings is 1. The summed E-state index contributed by atoms with van der Waals surface area (Å²) in [5.74, 6) is 0. The van der Waals surface area contributed by atoms with Gasteiger partial charge in [0.1, 0.15) is 0 Å². The van der Waals surface area contributed by atoms with E-state index in [1.165, 1.54) is 5.56 Å². The SMILES string of the molecule is NC(Cc1cccc(Br)c1)c1ccoc1Cl. The van der Waals surface area contributed by atoms with E-state index in [0.717, 1.165) is 16.5 Å². The fraction of sp³-hybridized carbons (Fsp3) is 0.167. The Balaban J connectivity index is 2.14. The lowest BCUT2D eigenvalue weighted by atomic mass is 10.0. The van der Waals surface area contributed by atoms with Gasteiger partial charge in [0.05, 0.1) is 6.26 Å². The van der Waals surface area contributed by atoms with Crippen molar-refractivity contribution in [1.82, 2.24) is 0 Å². The molecule has 0 saturated carbocycles. The molecule has 2 aromatic rings. The molecule has 4 heteroatoms. The smallest absolute Gasteiger partial charge is 0.197 e. The summed E-state index contributed by atoms with van der Waals surface area (Å²) in [5, 5.41) is 0.377. The van der Waals surface area contributed by atoms with E-state index in [2.05, 4.69) is 15.9 Å². The fourth-order valence-electron chi connectivity index (χ4n) is 1.60. The standard InChI is InChI=1S/C12H11BrClNO/c13-9-3-1-2-8(6-9)7-11(15)10-4-5-16-12(10)14/h1-6,11H,7,15H2. The van der Waals surface area contributed by atoms with Crippen LogP contribution in [0.3, 0.4) is 0 Å². The van der Waals surface area contributed by atoms with Crippen LogP contribution in [-0.2, 0) is 6.42 Å². The molecular weight excluding hydrogens is 289 g/mol. The first kappa shape index (κ1) is 11.7. The van der Waals surface area contributed by atoms with Gasteiger partial charge >= 0.3 is 0 Å². The topological polar surface area (TPSA) is 39.2 Å². The number of hydrogen-bond donors (Lipinski definition) is 1. The molecule has 2 nitrogen and oxygen atoms in total. The number of nitrogens with two attached hydrogens (primary N) is 1. The van der Waals surface area contributed by atoms with Crippen molar-refractivity contribution in [3.8, 4) is 0 Å². The highest BCUT2D eigenvalue weighted by Crippen LogP contribution is 2.25. The second-order valence-corrected chi connectivity index (χ2v) is 4.85. The van der Waals surface area contributed by atoms with Crippen molar-refractivity contribution in [3.63, 3.8) is 0 Å². The molecule has 1 atom stereocenters. The molecule has 1 aromatic heterocycles. The van der Waals surface area contributed by atoms with Gasteiger partial charge in [0.15, 0.2) is 5.22 Å². The van der Waals surface area contributed by atoms with Crippen LogP contribution in [-0.4, -0.2) is 0 Å². The second kappa shape index (κ2) is 5.04. The molecule has 0 saturated heterocycles. The quantitative estimate of drug-likeness (QED) is 0.932. The van der Waals surface area contributed by atoms with Crippen LogP contribution in [0.15, 0.2) is 45.5 Å². The van der Waals surface area contributed by atoms with Gasteiger partial charge in [-0.3, -0.25) is 0 Å². The van der Waals surface area contributed by atoms with Gasteiger partial charge in [-0.1, -0.05) is 28.1 Å². The van der Waals surface area contributed by atoms with Gasteiger partial charge in [-0.15, -0.1) is 0 Å². The van der Waals surface area contributed by atoms with Crippen molar-refractivity contribution in [2.75, 3.05) is 0 Å². The lowest BCUT2D eigenvalue weighted by Gasteiger charge is -2.10. The summed E-state index contributed by atoms with van der Waals surface area (Å²) in [6.45, 7) is 0. The first-order valence-corrected chi connectivity index (χ1v) is 6.07. The lowest BCUT2D eigenvalue weighted by molar-refractivity contribution is 0.560. The van der Waals surface area contributed by atoms with Crippen LogP contribution in [0.2, 0.25) is 5.22 Å². The minimum absolute atomic E-state index is 0.138. The van der Waals surface area contributed by atoms with E-state index in [1.807, 2.05) is 30.3 Å². The second-order valence-electron chi connectivity index (χ2n) is 3.59. The maximum absolute atomic E-state index is 6.06. The predicted octanol–water partition coefficient (Wildman–Crippen LogP) is 3.94. The molecular formula is C12H11BrClNO. The van der Waals surface area contributed by atoms with E-state index < -0.39 is 0 Å². The highest BCUT2D eigenvalue weighted by Gasteiger charge is 2.13. The summed E-state index contributed by atoms with van der Waals surface area (Å²) in [6.07, 6.45) is 2.29. The summed E-state index contributed by atoms with van der Waals surface area (Å²) >= 11 is 9.31. The third-order valence-electron chi connectivity index (χ3n) is 2.39. The van der Waals surface area contributed by atoms with Crippen molar-refractivity contribution in [1.29, 1.82) is 0 Å². The van der Waals surface area contributed by atoms with Gasteiger partial charge < -0.3 is 10.2 Å². The van der Waals surface area contributed by atoms with Crippen LogP contribution >= 0.6 is 27.5 Å². The highest BCUT2D eigenvalue weighted by molar-refractivity contribution is 9.10. The fourth-order valence-corrected chi connectivity index (χ4v) is 2.30. The first-order valence-electron chi connectivity index (χ1n) is 4.89. The Labute approximate surface area is 108 Å². The molecule has 1 heterocycles. The van der Waals surface area contributed by atoms with E-state index in [-0.39, 0.29) is 6.04 Å². The average Bonchev–Trinajstić information content (AvgIpc) is 2.64. The van der Waals surface area contributed by atoms with Gasteiger partial charge in [-0.25, -0.2) is 0 Å². The Morgan fingerprint density at radius 3 is 2.81 bits per heavy atom. The predicted molar refractivity (Wildman–Crippen MR) is 68.5 cm³/mol. The van der Waals surface area contributed by atoms with Crippen molar-refractivity contribution in [2.45, 2.75) is 12.5 Å². The van der Waals surface area contributed by atoms with Gasteiger partial charge in [0.2, 0.25) is 0 Å². The molecule has 16 heavy (non-hydrogen) atoms. The lowest BCUT2D eigenvalue weighted by Crippen LogP contribution is -2.12. The zero-order valence-electron chi connectivity index (χ0n) is 8.49. The molecule has 0 radical (unpaired) electrons. The van der Waals surface area contributed by atoms with Crippen LogP contribution in [0.5, 0.6) is 0 Å². The Kier molecular flexibility index (Phi) is 3.69. The molecule has 0 aliphatic rings. The molecule has 0 aliphatic heterocycles. The maximum atomic E-state index is 6.06. The van der Waals surface area contributed by atoms with Crippen molar-refractivity contribution < 1.29 is 4.42 Å². The Bertz CT molecular complexity index is 483. The van der Waals surface area contributed by atoms with Gasteiger partial charge in [0.25, 0.3) is 0 Å². The molecule has 0 amide bonds. The summed E-state index contributed by atoms with van der Waals surface area (Å²) < 4.78 is 6.07. The minimum atomic E-state index is -0.138. The number of hydrogen-bond acceptors (Lipinski definition) is 2. The van der Waals surface area contributed by atoms with Crippen LogP contribution in [0.25, 0.3) is 0 Å². The van der Waals surface area contributed by atoms with Gasteiger partial charge in [-0.2, -0.15) is 0 Å². The molecule has 0 aliphatic carbocycles. The average molecular weight is 301 g/mol. The Morgan fingerprint density at radius 1 is 1.38 bits per heavy atom. The van der Waals surface area contributed by atoms with Crippen molar-refractivity contribution in [2.24, 2.45) is 5.73 Å². The van der Waals surface area contributed by atoms with E-state index in [0.29, 0.717) is 5.22 Å². The van der Waals surface area contributed by atoms with Crippen LogP contribution < -0.4 is 5.73 Å². The highest BCUT2D eigenvalue weighted by atomic mass is 79.9. The van der Waals surface area contributed by atoms with Gasteiger partial charge in [-0.05, 0) is 41.8 Å². The van der Waals surface area contributed by atoms with Gasteiger partial charge in [0, 0.05) is 16.1 Å². The van der Waals surface area contributed by atoms with Crippen molar-refractivity contribution in [3.05, 3.63) is 57.4 Å². The van der Waals surface area contributed by atoms with E-state index in [4.69, 9.17) is 21.8 Å². The minimum Gasteiger partial charge on any atom is -0.453 e. The molecule has 2 N–H and O–H groups in total. The molecule has 84 valence electrons. The molecule has 1 aromatic carbocycles. The summed E-state index contributed by atoms with van der Waals surface area (Å²) in [7, 11) is 0. The normalized spacial score (nSPS) is 12.7. The molecule has 2 rings (SSSR count). The van der Waals surface area contributed by atoms with E-state index in [9.17, 15) is 0 Å². The monoisotopic (exact) mass is 299 g/mol. The first-order chi connectivity index (χ1) is 7.66. The zero-order chi connectivity index (χ0) is 11.5. The third kappa shape index (κ3) is 2.67. The molecule has 0 fully saturated rings. The summed E-state index contributed by atoms with van der Waals surface area (Å²) in [4.78, 5) is 0. The number of halogens is 2. The van der Waals surface area contributed by atoms with Crippen LogP contribution in [0.1, 0.15) is 17.2 Å². The summed E-state index contributed by atoms with van der Waals surface area (Å²) in [5.41, 5.74) is 8.08. The molecule has 0 bridgehead atoms. The third-order valence-corrected chi connectivity index (χ3v) is 3.19. The largest absolute Gasteiger partial charge is 0.453 e. The zero-order valence-corrected chi connectivity index (χ0v) is 10.8. The molecule has 0 spiro atoms. The molecule has 1 unspecified atom stereocenters.